The third-order valence-electron chi connectivity index (χ3n) is 5.11. The number of thioether (sulfide) groups is 1. The largest absolute Gasteiger partial charge is 0.418 e. The predicted octanol–water partition coefficient (Wildman–Crippen LogP) is 4.08. The van der Waals surface area contributed by atoms with Crippen LogP contribution in [0.5, 0.6) is 0 Å². The molecule has 0 saturated heterocycles. The van der Waals surface area contributed by atoms with Gasteiger partial charge in [-0.2, -0.15) is 18.4 Å². The van der Waals surface area contributed by atoms with Crippen LogP contribution in [0, 0.1) is 11.3 Å². The van der Waals surface area contributed by atoms with Crippen molar-refractivity contribution in [1.82, 2.24) is 14.9 Å². The molecule has 0 saturated carbocycles. The van der Waals surface area contributed by atoms with E-state index in [0.29, 0.717) is 16.6 Å². The van der Waals surface area contributed by atoms with E-state index in [0.717, 1.165) is 52.1 Å². The van der Waals surface area contributed by atoms with Gasteiger partial charge in [-0.1, -0.05) is 23.9 Å². The molecule has 166 valence electrons. The summed E-state index contributed by atoms with van der Waals surface area (Å²) < 4.78 is 42.2. The fraction of sp³-hybridized carbons (Fsp3) is 0.333. The number of aryl methyl sites for hydroxylation is 2. The summed E-state index contributed by atoms with van der Waals surface area (Å²) in [6.07, 6.45) is -1.27. The Balaban J connectivity index is 1.91. The van der Waals surface area contributed by atoms with E-state index in [1.165, 1.54) is 29.5 Å². The van der Waals surface area contributed by atoms with Crippen LogP contribution in [0.1, 0.15) is 28.8 Å². The number of carbonyl (C=O) groups is 1. The molecule has 0 atom stereocenters. The van der Waals surface area contributed by atoms with Crippen LogP contribution in [0.4, 0.5) is 13.2 Å². The van der Waals surface area contributed by atoms with Crippen LogP contribution >= 0.6 is 23.1 Å². The number of thiophene rings is 1. The van der Waals surface area contributed by atoms with Crippen molar-refractivity contribution in [2.24, 2.45) is 0 Å². The Kier molecular flexibility index (Phi) is 6.26. The Labute approximate surface area is 189 Å². The van der Waals surface area contributed by atoms with Crippen molar-refractivity contribution in [3.8, 4) is 11.8 Å². The number of carbonyl (C=O) groups excluding carboxylic acids is 1. The van der Waals surface area contributed by atoms with Gasteiger partial charge in [0, 0.05) is 4.88 Å². The Morgan fingerprint density at radius 2 is 2.03 bits per heavy atom. The fourth-order valence-corrected chi connectivity index (χ4v) is 5.86. The molecule has 0 unspecified atom stereocenters. The Morgan fingerprint density at radius 1 is 1.28 bits per heavy atom. The van der Waals surface area contributed by atoms with Gasteiger partial charge in [0.2, 0.25) is 5.91 Å². The van der Waals surface area contributed by atoms with Gasteiger partial charge in [-0.3, -0.25) is 14.2 Å². The topological polar surface area (TPSA) is 87.8 Å². The van der Waals surface area contributed by atoms with Crippen LogP contribution in [0.2, 0.25) is 0 Å². The van der Waals surface area contributed by atoms with Crippen LogP contribution < -0.4 is 10.9 Å². The summed E-state index contributed by atoms with van der Waals surface area (Å²) in [5, 5.41) is 11.3. The van der Waals surface area contributed by atoms with Gasteiger partial charge in [-0.05, 0) is 43.4 Å². The smallest absolute Gasteiger partial charge is 0.342 e. The number of alkyl halides is 3. The van der Waals surface area contributed by atoms with Gasteiger partial charge >= 0.3 is 6.18 Å². The van der Waals surface area contributed by atoms with Gasteiger partial charge < -0.3 is 5.32 Å². The minimum atomic E-state index is -4.68. The summed E-state index contributed by atoms with van der Waals surface area (Å²) in [6, 6.07) is 6.63. The van der Waals surface area contributed by atoms with E-state index in [-0.39, 0.29) is 23.1 Å². The number of hydrogen-bond donors (Lipinski definition) is 1. The molecular weight excluding hydrogens is 461 g/mol. The lowest BCUT2D eigenvalue weighted by atomic mass is 9.97. The van der Waals surface area contributed by atoms with Crippen molar-refractivity contribution >= 4 is 39.2 Å². The highest BCUT2D eigenvalue weighted by molar-refractivity contribution is 7.99. The molecule has 1 aliphatic rings. The quantitative estimate of drug-likeness (QED) is 0.339. The van der Waals surface area contributed by atoms with E-state index < -0.39 is 23.2 Å². The van der Waals surface area contributed by atoms with Crippen molar-refractivity contribution in [3.05, 3.63) is 50.6 Å². The van der Waals surface area contributed by atoms with Crippen molar-refractivity contribution in [3.63, 3.8) is 0 Å². The molecule has 0 spiro atoms. The summed E-state index contributed by atoms with van der Waals surface area (Å²) in [7, 11) is 0. The Bertz CT molecular complexity index is 1290. The summed E-state index contributed by atoms with van der Waals surface area (Å²) in [5.41, 5.74) is -0.973. The molecule has 0 aliphatic heterocycles. The zero-order valence-electron chi connectivity index (χ0n) is 16.7. The monoisotopic (exact) mass is 478 g/mol. The maximum Gasteiger partial charge on any atom is 0.418 e. The van der Waals surface area contributed by atoms with Gasteiger partial charge in [0.15, 0.2) is 5.16 Å². The standard InChI is InChI=1S/C21H17F3N4O2S2/c22-21(23,24)13-6-2-3-7-14(13)28-19(30)17-12-5-1-4-8-15(12)32-18(17)27-20(28)31-11-16(29)26-10-9-25/h2-3,6-7H,1,4-5,8,10-11H2,(H,26,29). The molecule has 0 bridgehead atoms. The second-order valence-electron chi connectivity index (χ2n) is 7.16. The van der Waals surface area contributed by atoms with Crippen LogP contribution in [0.3, 0.4) is 0 Å². The lowest BCUT2D eigenvalue weighted by molar-refractivity contribution is -0.137. The van der Waals surface area contributed by atoms with Crippen molar-refractivity contribution in [1.29, 1.82) is 5.26 Å². The lowest BCUT2D eigenvalue weighted by Gasteiger charge is -2.17. The fourth-order valence-electron chi connectivity index (χ4n) is 3.72. The van der Waals surface area contributed by atoms with Gasteiger partial charge in [0.1, 0.15) is 11.4 Å². The zero-order chi connectivity index (χ0) is 22.9. The third-order valence-corrected chi connectivity index (χ3v) is 7.23. The maximum absolute atomic E-state index is 13.7. The van der Waals surface area contributed by atoms with E-state index >= 15 is 0 Å². The van der Waals surface area contributed by atoms with Crippen molar-refractivity contribution in [2.75, 3.05) is 12.3 Å². The second-order valence-corrected chi connectivity index (χ2v) is 9.19. The second kappa shape index (κ2) is 8.96. The number of para-hydroxylation sites is 1. The van der Waals surface area contributed by atoms with E-state index in [1.807, 2.05) is 0 Å². The molecular formula is C21H17F3N4O2S2. The summed E-state index contributed by atoms with van der Waals surface area (Å²) in [5.74, 6) is -0.675. The van der Waals surface area contributed by atoms with E-state index in [1.54, 1.807) is 6.07 Å². The first-order valence-corrected chi connectivity index (χ1v) is 11.6. The molecule has 11 heteroatoms. The van der Waals surface area contributed by atoms with Gasteiger partial charge in [-0.15, -0.1) is 11.3 Å². The number of fused-ring (bicyclic) bond motifs is 3. The summed E-state index contributed by atoms with van der Waals surface area (Å²) in [6.45, 7) is -0.187. The van der Waals surface area contributed by atoms with Crippen molar-refractivity contribution < 1.29 is 18.0 Å². The number of benzene rings is 1. The third kappa shape index (κ3) is 4.25. The number of rotatable bonds is 5. The van der Waals surface area contributed by atoms with E-state index in [4.69, 9.17) is 5.26 Å². The van der Waals surface area contributed by atoms with Gasteiger partial charge in [0.25, 0.3) is 5.56 Å². The average Bonchev–Trinajstić information content (AvgIpc) is 3.14. The molecule has 0 radical (unpaired) electrons. The Morgan fingerprint density at radius 3 is 2.78 bits per heavy atom. The van der Waals surface area contributed by atoms with Crippen LogP contribution in [-0.4, -0.2) is 27.8 Å². The summed E-state index contributed by atoms with van der Waals surface area (Å²) in [4.78, 5) is 31.6. The van der Waals surface area contributed by atoms with Crippen LogP contribution in [0.25, 0.3) is 15.9 Å². The van der Waals surface area contributed by atoms with Crippen molar-refractivity contribution in [2.45, 2.75) is 37.0 Å². The van der Waals surface area contributed by atoms with E-state index in [9.17, 15) is 22.8 Å². The molecule has 0 fully saturated rings. The number of nitriles is 1. The number of nitrogens with one attached hydrogen (secondary N) is 1. The number of halogens is 3. The van der Waals surface area contributed by atoms with Gasteiger partial charge in [0.05, 0.1) is 28.5 Å². The minimum absolute atomic E-state index is 0.00454. The summed E-state index contributed by atoms with van der Waals surface area (Å²) >= 11 is 2.25. The zero-order valence-corrected chi connectivity index (χ0v) is 18.3. The number of aromatic nitrogens is 2. The predicted molar refractivity (Wildman–Crippen MR) is 116 cm³/mol. The molecule has 1 aromatic carbocycles. The minimum Gasteiger partial charge on any atom is -0.342 e. The van der Waals surface area contributed by atoms with Gasteiger partial charge in [-0.25, -0.2) is 4.98 Å². The lowest BCUT2D eigenvalue weighted by Crippen LogP contribution is -2.27. The highest BCUT2D eigenvalue weighted by Gasteiger charge is 2.35. The number of hydrogen-bond acceptors (Lipinski definition) is 6. The first kappa shape index (κ1) is 22.4. The maximum atomic E-state index is 13.7. The van der Waals surface area contributed by atoms with E-state index in [2.05, 4.69) is 10.3 Å². The first-order chi connectivity index (χ1) is 15.3. The highest BCUT2D eigenvalue weighted by atomic mass is 32.2. The highest BCUT2D eigenvalue weighted by Crippen LogP contribution is 2.37. The molecule has 3 aromatic rings. The van der Waals surface area contributed by atoms with Crippen LogP contribution in [0.15, 0.2) is 34.2 Å². The molecule has 2 heterocycles. The Hall–Kier alpha value is -2.84. The molecule has 6 nitrogen and oxygen atoms in total. The molecule has 1 N–H and O–H groups in total. The number of amides is 1. The SMILES string of the molecule is N#CCNC(=O)CSc1nc2sc3c(c2c(=O)n1-c1ccccc1C(F)(F)F)CCCC3. The molecule has 4 rings (SSSR count). The molecule has 1 aliphatic carbocycles. The molecule has 32 heavy (non-hydrogen) atoms. The molecule has 2 aromatic heterocycles. The normalized spacial score (nSPS) is 13.6. The number of nitrogens with zero attached hydrogens (tertiary/aromatic N) is 3. The molecule has 1 amide bonds. The average molecular weight is 479 g/mol. The van der Waals surface area contributed by atoms with Crippen LogP contribution in [-0.2, 0) is 23.8 Å². The first-order valence-electron chi connectivity index (χ1n) is 9.81.